The summed E-state index contributed by atoms with van der Waals surface area (Å²) < 4.78 is 56.5. The van der Waals surface area contributed by atoms with E-state index in [0.717, 1.165) is 4.90 Å². The molecule has 2 aromatic rings. The highest BCUT2D eigenvalue weighted by Crippen LogP contribution is 2.36. The summed E-state index contributed by atoms with van der Waals surface area (Å²) in [4.78, 5) is 16.8. The minimum atomic E-state index is -4.47. The first-order chi connectivity index (χ1) is 13.1. The maximum absolute atomic E-state index is 13.1. The Bertz CT molecular complexity index is 872. The largest absolute Gasteiger partial charge is 0.474 e. The van der Waals surface area contributed by atoms with Gasteiger partial charge in [0.1, 0.15) is 30.5 Å². The van der Waals surface area contributed by atoms with E-state index in [1.807, 2.05) is 0 Å². The molecule has 1 aromatic carbocycles. The van der Waals surface area contributed by atoms with Gasteiger partial charge in [-0.15, -0.1) is 0 Å². The molecule has 28 heavy (non-hydrogen) atoms. The van der Waals surface area contributed by atoms with Crippen LogP contribution >= 0.6 is 0 Å². The number of pyridine rings is 1. The monoisotopic (exact) mass is 399 g/mol. The topological polar surface area (TPSA) is 74.7 Å². The number of amides is 1. The van der Waals surface area contributed by atoms with E-state index >= 15 is 0 Å². The van der Waals surface area contributed by atoms with Gasteiger partial charge in [-0.3, -0.25) is 4.90 Å². The maximum Gasteiger partial charge on any atom is 0.412 e. The van der Waals surface area contributed by atoms with Crippen LogP contribution < -0.4 is 15.0 Å². The van der Waals surface area contributed by atoms with Crippen LogP contribution in [-0.4, -0.2) is 41.6 Å². The number of halogens is 4. The van der Waals surface area contributed by atoms with Gasteiger partial charge in [0.05, 0.1) is 6.04 Å². The number of rotatable bonds is 4. The van der Waals surface area contributed by atoms with Crippen molar-refractivity contribution >= 4 is 17.6 Å². The number of nitrogens with zero attached hydrogens (tertiary/aromatic N) is 2. The number of anilines is 2. The molecule has 0 spiro atoms. The van der Waals surface area contributed by atoms with Gasteiger partial charge in [0, 0.05) is 12.0 Å². The van der Waals surface area contributed by atoms with Gasteiger partial charge in [-0.1, -0.05) is 12.1 Å². The Labute approximate surface area is 157 Å². The average Bonchev–Trinajstić information content (AvgIpc) is 2.61. The third kappa shape index (κ3) is 4.44. The van der Waals surface area contributed by atoms with Crippen LogP contribution in [0.4, 0.5) is 33.9 Å². The molecule has 1 atom stereocenters. The van der Waals surface area contributed by atoms with E-state index < -0.39 is 30.7 Å². The number of ether oxygens (including phenoxy) is 1. The van der Waals surface area contributed by atoms with Crippen LogP contribution in [0.5, 0.6) is 5.88 Å². The van der Waals surface area contributed by atoms with Crippen molar-refractivity contribution in [3.63, 3.8) is 0 Å². The van der Waals surface area contributed by atoms with E-state index in [9.17, 15) is 27.5 Å². The minimum absolute atomic E-state index is 0.0301. The molecular weight excluding hydrogens is 382 g/mol. The minimum Gasteiger partial charge on any atom is -0.474 e. The van der Waals surface area contributed by atoms with Gasteiger partial charge in [-0.25, -0.2) is 9.18 Å². The van der Waals surface area contributed by atoms with Crippen LogP contribution in [0.3, 0.4) is 0 Å². The highest BCUT2D eigenvalue weighted by Gasteiger charge is 2.33. The molecule has 2 heterocycles. The summed E-state index contributed by atoms with van der Waals surface area (Å²) in [5.41, 5.74) is 1.12. The van der Waals surface area contributed by atoms with Gasteiger partial charge >= 0.3 is 12.3 Å². The van der Waals surface area contributed by atoms with Crippen LogP contribution in [0.2, 0.25) is 0 Å². The lowest BCUT2D eigenvalue weighted by Crippen LogP contribution is -2.44. The number of alkyl halides is 3. The van der Waals surface area contributed by atoms with Crippen molar-refractivity contribution in [3.8, 4) is 5.88 Å². The molecule has 0 bridgehead atoms. The molecule has 1 aliphatic heterocycles. The summed E-state index contributed by atoms with van der Waals surface area (Å²) in [6.07, 6.45) is -5.56. The van der Waals surface area contributed by atoms with Crippen molar-refractivity contribution in [1.82, 2.24) is 4.98 Å². The first kappa shape index (κ1) is 19.7. The predicted octanol–water partition coefficient (Wildman–Crippen LogP) is 4.05. The molecular formula is C18H17F4N3O3. The van der Waals surface area contributed by atoms with E-state index in [1.165, 1.54) is 30.3 Å². The molecule has 6 nitrogen and oxygen atoms in total. The Morgan fingerprint density at radius 1 is 1.36 bits per heavy atom. The molecule has 1 aromatic heterocycles. The highest BCUT2D eigenvalue weighted by molar-refractivity contribution is 5.89. The number of carbonyl (C=O) groups is 1. The van der Waals surface area contributed by atoms with Gasteiger partial charge in [-0.2, -0.15) is 18.2 Å². The molecule has 0 saturated heterocycles. The lowest BCUT2D eigenvalue weighted by atomic mass is 10.0. The van der Waals surface area contributed by atoms with E-state index in [4.69, 9.17) is 4.74 Å². The zero-order chi connectivity index (χ0) is 20.5. The smallest absolute Gasteiger partial charge is 0.412 e. The van der Waals surface area contributed by atoms with Crippen molar-refractivity contribution < 1.29 is 32.2 Å². The van der Waals surface area contributed by atoms with Crippen molar-refractivity contribution in [1.29, 1.82) is 0 Å². The summed E-state index contributed by atoms with van der Waals surface area (Å²) in [6, 6.07) is 6.41. The summed E-state index contributed by atoms with van der Waals surface area (Å²) in [5.74, 6) is -0.574. The molecule has 0 aliphatic carbocycles. The molecule has 2 N–H and O–H groups in total. The van der Waals surface area contributed by atoms with Gasteiger partial charge in [0.15, 0.2) is 0 Å². The average molecular weight is 399 g/mol. The number of hydrogen-bond donors (Lipinski definition) is 2. The van der Waals surface area contributed by atoms with Crippen LogP contribution in [0.15, 0.2) is 30.3 Å². The molecule has 3 rings (SSSR count). The molecule has 0 radical (unpaired) electrons. The molecule has 1 aliphatic rings. The van der Waals surface area contributed by atoms with Crippen molar-refractivity contribution in [2.24, 2.45) is 0 Å². The molecule has 10 heteroatoms. The van der Waals surface area contributed by atoms with E-state index in [0.29, 0.717) is 11.1 Å². The number of fused-ring (bicyclic) bond motifs is 1. The number of hydrogen-bond acceptors (Lipinski definition) is 4. The molecule has 150 valence electrons. The lowest BCUT2D eigenvalue weighted by molar-refractivity contribution is -0.115. The molecule has 0 saturated carbocycles. The Morgan fingerprint density at radius 2 is 2.04 bits per heavy atom. The summed E-state index contributed by atoms with van der Waals surface area (Å²) in [5, 5.41) is 11.7. The molecule has 0 fully saturated rings. The van der Waals surface area contributed by atoms with Crippen LogP contribution in [0.1, 0.15) is 18.1 Å². The van der Waals surface area contributed by atoms with Gasteiger partial charge in [0.25, 0.3) is 0 Å². The normalized spacial score (nSPS) is 16.3. The Kier molecular flexibility index (Phi) is 5.30. The number of carboxylic acid groups (broad SMARTS) is 1. The fourth-order valence-electron chi connectivity index (χ4n) is 2.90. The Morgan fingerprint density at radius 3 is 2.64 bits per heavy atom. The Hall–Kier alpha value is -3.04. The van der Waals surface area contributed by atoms with Gasteiger partial charge in [-0.05, 0) is 30.7 Å². The molecule has 1 amide bonds. The first-order valence-electron chi connectivity index (χ1n) is 8.38. The van der Waals surface area contributed by atoms with Crippen LogP contribution in [0, 0.1) is 5.82 Å². The fourth-order valence-corrected chi connectivity index (χ4v) is 2.90. The standard InChI is InChI=1S/C18H17F4N3O3/c1-10-8-28-16-14(25(10)17(26)27)7-12(6-11-2-4-13(19)5-3-11)15(24-16)23-9-18(20,21)22/h2-5,7,10H,6,8-9H2,1H3,(H,23,24)(H,26,27). The zero-order valence-electron chi connectivity index (χ0n) is 14.8. The quantitative estimate of drug-likeness (QED) is 0.759. The number of benzene rings is 1. The second-order valence-corrected chi connectivity index (χ2v) is 6.40. The van der Waals surface area contributed by atoms with Crippen molar-refractivity contribution in [2.45, 2.75) is 25.6 Å². The third-order valence-electron chi connectivity index (χ3n) is 4.18. The van der Waals surface area contributed by atoms with Crippen molar-refractivity contribution in [3.05, 3.63) is 47.3 Å². The van der Waals surface area contributed by atoms with Crippen LogP contribution in [-0.2, 0) is 6.42 Å². The second-order valence-electron chi connectivity index (χ2n) is 6.40. The third-order valence-corrected chi connectivity index (χ3v) is 4.18. The molecule has 1 unspecified atom stereocenters. The van der Waals surface area contributed by atoms with Gasteiger partial charge < -0.3 is 15.2 Å². The second kappa shape index (κ2) is 7.53. The SMILES string of the molecule is CC1COc2nc(NCC(F)(F)F)c(Cc3ccc(F)cc3)cc2N1C(=O)O. The van der Waals surface area contributed by atoms with E-state index in [2.05, 4.69) is 10.3 Å². The number of nitrogens with one attached hydrogen (secondary N) is 1. The highest BCUT2D eigenvalue weighted by atomic mass is 19.4. The fraction of sp³-hybridized carbons (Fsp3) is 0.333. The van der Waals surface area contributed by atoms with E-state index in [1.54, 1.807) is 6.92 Å². The summed E-state index contributed by atoms with van der Waals surface area (Å²) in [6.45, 7) is 0.364. The first-order valence-corrected chi connectivity index (χ1v) is 8.38. The Balaban J connectivity index is 2.02. The zero-order valence-corrected chi connectivity index (χ0v) is 14.8. The van der Waals surface area contributed by atoms with Crippen molar-refractivity contribution in [2.75, 3.05) is 23.4 Å². The van der Waals surface area contributed by atoms with Crippen LogP contribution in [0.25, 0.3) is 0 Å². The maximum atomic E-state index is 13.1. The van der Waals surface area contributed by atoms with Gasteiger partial charge in [0.2, 0.25) is 5.88 Å². The van der Waals surface area contributed by atoms with E-state index in [-0.39, 0.29) is 30.4 Å². The predicted molar refractivity (Wildman–Crippen MR) is 93.4 cm³/mol. The summed E-state index contributed by atoms with van der Waals surface area (Å²) in [7, 11) is 0. The summed E-state index contributed by atoms with van der Waals surface area (Å²) >= 11 is 0. The lowest BCUT2D eigenvalue weighted by Gasteiger charge is -2.33. The number of aromatic nitrogens is 1.